The van der Waals surface area contributed by atoms with E-state index < -0.39 is 0 Å². The van der Waals surface area contributed by atoms with Crippen LogP contribution in [-0.4, -0.2) is 55.9 Å². The van der Waals surface area contributed by atoms with Crippen molar-refractivity contribution in [3.63, 3.8) is 0 Å². The smallest absolute Gasteiger partial charge is 0.147 e. The third-order valence-corrected chi connectivity index (χ3v) is 5.55. The van der Waals surface area contributed by atoms with Crippen molar-refractivity contribution in [3.8, 4) is 11.3 Å². The molecule has 8 nitrogen and oxygen atoms in total. The molecule has 2 aliphatic rings. The quantitative estimate of drug-likeness (QED) is 0.690. The Balaban J connectivity index is 1.33. The number of aryl methyl sites for hydroxylation is 3. The Morgan fingerprint density at radius 3 is 2.50 bits per heavy atom. The van der Waals surface area contributed by atoms with Gasteiger partial charge in [-0.3, -0.25) is 9.67 Å². The maximum atomic E-state index is 4.82. The van der Waals surface area contributed by atoms with Crippen LogP contribution in [0.3, 0.4) is 0 Å². The molecule has 0 unspecified atom stereocenters. The molecule has 1 aliphatic carbocycles. The van der Waals surface area contributed by atoms with E-state index in [-0.39, 0.29) is 0 Å². The second kappa shape index (κ2) is 6.85. The molecule has 3 aromatic rings. The summed E-state index contributed by atoms with van der Waals surface area (Å²) in [6, 6.07) is 0. The van der Waals surface area contributed by atoms with Crippen LogP contribution in [0.4, 0.5) is 11.6 Å². The molecule has 144 valence electrons. The zero-order valence-corrected chi connectivity index (χ0v) is 16.3. The van der Waals surface area contributed by atoms with Crippen molar-refractivity contribution in [2.75, 3.05) is 36.0 Å². The van der Waals surface area contributed by atoms with E-state index in [9.17, 15) is 0 Å². The number of nitrogens with zero attached hydrogens (tertiary/aromatic N) is 8. The largest absolute Gasteiger partial charge is 0.353 e. The first-order valence-corrected chi connectivity index (χ1v) is 9.85. The number of hydrogen-bond donors (Lipinski definition) is 0. The van der Waals surface area contributed by atoms with Crippen molar-refractivity contribution < 1.29 is 0 Å². The van der Waals surface area contributed by atoms with Gasteiger partial charge in [-0.05, 0) is 26.2 Å². The zero-order chi connectivity index (χ0) is 19.1. The number of rotatable bonds is 3. The van der Waals surface area contributed by atoms with Crippen molar-refractivity contribution in [1.82, 2.24) is 29.7 Å². The average Bonchev–Trinajstić information content (AvgIpc) is 3.36. The Kier molecular flexibility index (Phi) is 4.18. The lowest BCUT2D eigenvalue weighted by atomic mass is 10.2. The lowest BCUT2D eigenvalue weighted by Crippen LogP contribution is -2.47. The van der Waals surface area contributed by atoms with Crippen molar-refractivity contribution in [1.29, 1.82) is 0 Å². The molecule has 0 atom stereocenters. The number of hydrogen-bond acceptors (Lipinski definition) is 7. The first-order valence-electron chi connectivity index (χ1n) is 9.85. The highest BCUT2D eigenvalue weighted by atomic mass is 15.3. The maximum Gasteiger partial charge on any atom is 0.147 e. The highest BCUT2D eigenvalue weighted by Crippen LogP contribution is 2.30. The first kappa shape index (κ1) is 17.1. The molecule has 0 radical (unpaired) electrons. The summed E-state index contributed by atoms with van der Waals surface area (Å²) in [7, 11) is 1.91. The van der Waals surface area contributed by atoms with Crippen molar-refractivity contribution in [2.24, 2.45) is 7.05 Å². The van der Waals surface area contributed by atoms with Gasteiger partial charge in [0.1, 0.15) is 17.5 Å². The van der Waals surface area contributed by atoms with Crippen molar-refractivity contribution in [3.05, 3.63) is 41.9 Å². The predicted octanol–water partition coefficient (Wildman–Crippen LogP) is 1.79. The third kappa shape index (κ3) is 3.08. The van der Waals surface area contributed by atoms with Crippen LogP contribution in [-0.2, 0) is 19.9 Å². The van der Waals surface area contributed by atoms with Gasteiger partial charge in [-0.25, -0.2) is 15.0 Å². The summed E-state index contributed by atoms with van der Waals surface area (Å²) in [6.07, 6.45) is 10.8. The Morgan fingerprint density at radius 1 is 0.893 bits per heavy atom. The molecule has 1 saturated heterocycles. The van der Waals surface area contributed by atoms with E-state index in [0.29, 0.717) is 0 Å². The summed E-state index contributed by atoms with van der Waals surface area (Å²) in [5.74, 6) is 2.95. The normalized spacial score (nSPS) is 16.5. The second-order valence-electron chi connectivity index (χ2n) is 7.51. The molecule has 1 aliphatic heterocycles. The molecule has 8 heteroatoms. The van der Waals surface area contributed by atoms with E-state index in [1.165, 1.54) is 17.7 Å². The zero-order valence-electron chi connectivity index (χ0n) is 16.3. The van der Waals surface area contributed by atoms with Crippen LogP contribution in [0.25, 0.3) is 11.3 Å². The van der Waals surface area contributed by atoms with Crippen LogP contribution in [0.15, 0.2) is 24.8 Å². The molecular weight excluding hydrogens is 352 g/mol. The van der Waals surface area contributed by atoms with E-state index in [4.69, 9.17) is 9.97 Å². The van der Waals surface area contributed by atoms with E-state index in [1.54, 1.807) is 10.9 Å². The number of piperazine rings is 1. The van der Waals surface area contributed by atoms with E-state index in [0.717, 1.165) is 67.7 Å². The standard InChI is InChI=1S/C20H24N8/c1-14-23-17-5-3-4-16(17)20(24-14)28-8-6-27(7-9-28)19-12-21-11-18(25-19)15-10-22-26(2)13-15/h10-13H,3-9H2,1-2H3. The highest BCUT2D eigenvalue weighted by molar-refractivity contribution is 5.59. The molecular formula is C20H24N8. The topological polar surface area (TPSA) is 75.9 Å². The SMILES string of the molecule is Cc1nc2c(c(N3CCN(c4cncc(-c5cnn(C)c5)n4)CC3)n1)CCC2. The second-order valence-corrected chi connectivity index (χ2v) is 7.51. The van der Waals surface area contributed by atoms with Crippen molar-refractivity contribution >= 4 is 11.6 Å². The number of fused-ring (bicyclic) bond motifs is 1. The third-order valence-electron chi connectivity index (χ3n) is 5.55. The Hall–Kier alpha value is -3.03. The van der Waals surface area contributed by atoms with Gasteiger partial charge in [-0.15, -0.1) is 0 Å². The minimum atomic E-state index is 0.859. The number of anilines is 2. The minimum absolute atomic E-state index is 0.859. The molecule has 28 heavy (non-hydrogen) atoms. The van der Waals surface area contributed by atoms with Gasteiger partial charge >= 0.3 is 0 Å². The summed E-state index contributed by atoms with van der Waals surface area (Å²) < 4.78 is 1.78. The molecule has 0 bridgehead atoms. The molecule has 0 aromatic carbocycles. The molecule has 0 spiro atoms. The van der Waals surface area contributed by atoms with Gasteiger partial charge in [0.05, 0.1) is 24.3 Å². The van der Waals surface area contributed by atoms with Crippen molar-refractivity contribution in [2.45, 2.75) is 26.2 Å². The summed E-state index contributed by atoms with van der Waals surface area (Å²) in [5, 5.41) is 4.23. The Bertz CT molecular complexity index is 1000. The van der Waals surface area contributed by atoms with Gasteiger partial charge in [-0.1, -0.05) is 0 Å². The summed E-state index contributed by atoms with van der Waals surface area (Å²) in [5.41, 5.74) is 4.46. The van der Waals surface area contributed by atoms with E-state index in [1.807, 2.05) is 32.6 Å². The molecule has 1 fully saturated rings. The Morgan fingerprint density at radius 2 is 1.71 bits per heavy atom. The number of aromatic nitrogens is 6. The van der Waals surface area contributed by atoms with Gasteiger partial charge in [0.2, 0.25) is 0 Å². The van der Waals surface area contributed by atoms with Crippen LogP contribution >= 0.6 is 0 Å². The van der Waals surface area contributed by atoms with Crippen LogP contribution in [0, 0.1) is 6.92 Å². The molecule has 4 heterocycles. The van der Waals surface area contributed by atoms with Gasteiger partial charge in [0.15, 0.2) is 0 Å². The average molecular weight is 376 g/mol. The fourth-order valence-electron chi connectivity index (χ4n) is 4.14. The maximum absolute atomic E-state index is 4.82. The predicted molar refractivity (Wildman–Crippen MR) is 107 cm³/mol. The highest BCUT2D eigenvalue weighted by Gasteiger charge is 2.25. The van der Waals surface area contributed by atoms with Gasteiger partial charge < -0.3 is 9.80 Å². The van der Waals surface area contributed by atoms with E-state index in [2.05, 4.69) is 24.9 Å². The van der Waals surface area contributed by atoms with Gasteiger partial charge in [0.25, 0.3) is 0 Å². The van der Waals surface area contributed by atoms with Gasteiger partial charge in [0, 0.05) is 56.2 Å². The molecule has 0 N–H and O–H groups in total. The fraction of sp³-hybridized carbons (Fsp3) is 0.450. The van der Waals surface area contributed by atoms with E-state index >= 15 is 0 Å². The van der Waals surface area contributed by atoms with Crippen LogP contribution in [0.1, 0.15) is 23.5 Å². The summed E-state index contributed by atoms with van der Waals surface area (Å²) in [6.45, 7) is 5.67. The molecule has 3 aromatic heterocycles. The van der Waals surface area contributed by atoms with Crippen LogP contribution in [0.5, 0.6) is 0 Å². The minimum Gasteiger partial charge on any atom is -0.353 e. The monoisotopic (exact) mass is 376 g/mol. The van der Waals surface area contributed by atoms with Crippen LogP contribution < -0.4 is 9.80 Å². The van der Waals surface area contributed by atoms with Gasteiger partial charge in [-0.2, -0.15) is 5.10 Å². The first-order chi connectivity index (χ1) is 13.7. The Labute approximate surface area is 164 Å². The summed E-state index contributed by atoms with van der Waals surface area (Å²) >= 11 is 0. The lowest BCUT2D eigenvalue weighted by molar-refractivity contribution is 0.636. The lowest BCUT2D eigenvalue weighted by Gasteiger charge is -2.36. The van der Waals surface area contributed by atoms with Crippen LogP contribution in [0.2, 0.25) is 0 Å². The molecule has 5 rings (SSSR count). The molecule has 0 saturated carbocycles. The molecule has 0 amide bonds. The summed E-state index contributed by atoms with van der Waals surface area (Å²) in [4.78, 5) is 23.4. The fourth-order valence-corrected chi connectivity index (χ4v) is 4.14.